The molecule has 0 unspecified atom stereocenters. The lowest BCUT2D eigenvalue weighted by Crippen LogP contribution is -2.20. The number of hydrogen-bond donors (Lipinski definition) is 2. The number of benzene rings is 2. The van der Waals surface area contributed by atoms with Crippen LogP contribution in [0.2, 0.25) is 0 Å². The zero-order valence-electron chi connectivity index (χ0n) is 14.7. The van der Waals surface area contributed by atoms with Crippen molar-refractivity contribution in [1.82, 2.24) is 5.43 Å². The van der Waals surface area contributed by atoms with Crippen LogP contribution < -0.4 is 10.7 Å². The molecule has 0 heterocycles. The van der Waals surface area contributed by atoms with Gasteiger partial charge in [0.1, 0.15) is 0 Å². The Bertz CT molecular complexity index is 750. The molecule has 0 aliphatic rings. The van der Waals surface area contributed by atoms with E-state index in [1.807, 2.05) is 51.1 Å². The number of hydrazone groups is 1. The first-order valence-corrected chi connectivity index (χ1v) is 8.34. The monoisotopic (exact) mass is 337 g/mol. The zero-order valence-corrected chi connectivity index (χ0v) is 14.7. The minimum absolute atomic E-state index is 0.0581. The van der Waals surface area contributed by atoms with Gasteiger partial charge >= 0.3 is 0 Å². The molecule has 2 aromatic carbocycles. The molecule has 0 aromatic heterocycles. The Morgan fingerprint density at radius 2 is 1.60 bits per heavy atom. The van der Waals surface area contributed by atoms with E-state index in [-0.39, 0.29) is 17.7 Å². The minimum Gasteiger partial charge on any atom is -0.326 e. The van der Waals surface area contributed by atoms with Crippen molar-refractivity contribution >= 4 is 23.2 Å². The summed E-state index contributed by atoms with van der Waals surface area (Å²) < 4.78 is 0. The molecule has 0 saturated heterocycles. The maximum atomic E-state index is 12.2. The highest BCUT2D eigenvalue weighted by Crippen LogP contribution is 2.11. The summed E-state index contributed by atoms with van der Waals surface area (Å²) in [6, 6.07) is 16.5. The molecule has 25 heavy (non-hydrogen) atoms. The van der Waals surface area contributed by atoms with Crippen LogP contribution >= 0.6 is 0 Å². The average molecular weight is 337 g/mol. The molecule has 0 radical (unpaired) electrons. The van der Waals surface area contributed by atoms with Crippen molar-refractivity contribution in [2.24, 2.45) is 11.0 Å². The predicted molar refractivity (Wildman–Crippen MR) is 101 cm³/mol. The van der Waals surface area contributed by atoms with Crippen LogP contribution in [0, 0.1) is 5.92 Å². The van der Waals surface area contributed by atoms with Gasteiger partial charge < -0.3 is 5.32 Å². The average Bonchev–Trinajstić information content (AvgIpc) is 2.63. The highest BCUT2D eigenvalue weighted by atomic mass is 16.2. The zero-order chi connectivity index (χ0) is 18.2. The van der Waals surface area contributed by atoms with Crippen LogP contribution in [0.1, 0.15) is 43.1 Å². The van der Waals surface area contributed by atoms with Crippen molar-refractivity contribution in [3.8, 4) is 0 Å². The molecule has 130 valence electrons. The van der Waals surface area contributed by atoms with Crippen molar-refractivity contribution in [2.45, 2.75) is 27.2 Å². The minimum atomic E-state index is -0.288. The molecule has 0 atom stereocenters. The van der Waals surface area contributed by atoms with Gasteiger partial charge in [-0.15, -0.1) is 0 Å². The van der Waals surface area contributed by atoms with Crippen LogP contribution in [0.3, 0.4) is 0 Å². The van der Waals surface area contributed by atoms with Gasteiger partial charge in [0.2, 0.25) is 5.91 Å². The molecule has 5 heteroatoms. The van der Waals surface area contributed by atoms with E-state index in [1.165, 1.54) is 0 Å². The molecule has 0 bridgehead atoms. The van der Waals surface area contributed by atoms with E-state index in [9.17, 15) is 9.59 Å². The lowest BCUT2D eigenvalue weighted by atomic mass is 10.1. The fourth-order valence-electron chi connectivity index (χ4n) is 2.15. The van der Waals surface area contributed by atoms with E-state index in [0.29, 0.717) is 17.7 Å². The standard InChI is InChI=1S/C20H23N3O2/c1-4-18(15-8-6-5-7-9-15)22-23-20(25)16-10-12-17(13-11-16)21-19(24)14(2)3/h5-14H,4H2,1-3H3,(H,21,24)(H,23,25)/b22-18+. The molecule has 5 nitrogen and oxygen atoms in total. The highest BCUT2D eigenvalue weighted by molar-refractivity contribution is 6.02. The third-order valence-electron chi connectivity index (χ3n) is 3.67. The predicted octanol–water partition coefficient (Wildman–Crippen LogP) is 3.83. The number of amides is 2. The quantitative estimate of drug-likeness (QED) is 0.621. The molecule has 0 saturated carbocycles. The number of nitrogens with one attached hydrogen (secondary N) is 2. The van der Waals surface area contributed by atoms with Crippen LogP contribution in [0.4, 0.5) is 5.69 Å². The summed E-state index contributed by atoms with van der Waals surface area (Å²) in [6.45, 7) is 5.64. The van der Waals surface area contributed by atoms with Crippen molar-refractivity contribution < 1.29 is 9.59 Å². The fraction of sp³-hybridized carbons (Fsp3) is 0.250. The number of carbonyl (C=O) groups is 2. The van der Waals surface area contributed by atoms with E-state index < -0.39 is 0 Å². The van der Waals surface area contributed by atoms with E-state index in [4.69, 9.17) is 0 Å². The van der Waals surface area contributed by atoms with Gasteiger partial charge in [-0.25, -0.2) is 5.43 Å². The maximum Gasteiger partial charge on any atom is 0.271 e. The summed E-state index contributed by atoms with van der Waals surface area (Å²) in [5.41, 5.74) is 5.53. The maximum absolute atomic E-state index is 12.2. The smallest absolute Gasteiger partial charge is 0.271 e. The van der Waals surface area contributed by atoms with Crippen LogP contribution in [0.5, 0.6) is 0 Å². The summed E-state index contributed by atoms with van der Waals surface area (Å²) in [5.74, 6) is -0.441. The number of rotatable bonds is 6. The number of hydrogen-bond acceptors (Lipinski definition) is 3. The fourth-order valence-corrected chi connectivity index (χ4v) is 2.15. The summed E-state index contributed by atoms with van der Waals surface area (Å²) in [5, 5.41) is 7.02. The third-order valence-corrected chi connectivity index (χ3v) is 3.67. The molecule has 2 N–H and O–H groups in total. The van der Waals surface area contributed by atoms with Gasteiger partial charge in [-0.2, -0.15) is 5.10 Å². The molecule has 2 amide bonds. The Hall–Kier alpha value is -2.95. The second-order valence-electron chi connectivity index (χ2n) is 5.94. The molecule has 0 aliphatic carbocycles. The largest absolute Gasteiger partial charge is 0.326 e. The Morgan fingerprint density at radius 3 is 2.16 bits per heavy atom. The summed E-state index contributed by atoms with van der Waals surface area (Å²) in [7, 11) is 0. The molecule has 2 aromatic rings. The summed E-state index contributed by atoms with van der Waals surface area (Å²) in [4.78, 5) is 23.9. The SMILES string of the molecule is CC/C(=N\NC(=O)c1ccc(NC(=O)C(C)C)cc1)c1ccccc1. The van der Waals surface area contributed by atoms with Gasteiger partial charge in [0.05, 0.1) is 5.71 Å². The Balaban J connectivity index is 2.03. The molecule has 0 fully saturated rings. The second kappa shape index (κ2) is 8.78. The Morgan fingerprint density at radius 1 is 0.960 bits per heavy atom. The first kappa shape index (κ1) is 18.4. The molecule has 2 rings (SSSR count). The van der Waals surface area contributed by atoms with Gasteiger partial charge in [0, 0.05) is 17.2 Å². The van der Waals surface area contributed by atoms with E-state index >= 15 is 0 Å². The van der Waals surface area contributed by atoms with Crippen LogP contribution in [-0.4, -0.2) is 17.5 Å². The summed E-state index contributed by atoms with van der Waals surface area (Å²) in [6.07, 6.45) is 0.713. The Labute approximate surface area is 148 Å². The first-order valence-electron chi connectivity index (χ1n) is 8.34. The van der Waals surface area contributed by atoms with E-state index in [2.05, 4.69) is 15.8 Å². The molecule has 0 aliphatic heterocycles. The van der Waals surface area contributed by atoms with Gasteiger partial charge in [-0.3, -0.25) is 9.59 Å². The highest BCUT2D eigenvalue weighted by Gasteiger charge is 2.09. The van der Waals surface area contributed by atoms with Gasteiger partial charge in [0.15, 0.2) is 0 Å². The topological polar surface area (TPSA) is 70.6 Å². The third kappa shape index (κ3) is 5.28. The van der Waals surface area contributed by atoms with E-state index in [0.717, 1.165) is 11.3 Å². The van der Waals surface area contributed by atoms with Crippen LogP contribution in [0.15, 0.2) is 59.7 Å². The first-order chi connectivity index (χ1) is 12.0. The normalized spacial score (nSPS) is 11.3. The van der Waals surface area contributed by atoms with Crippen molar-refractivity contribution in [3.63, 3.8) is 0 Å². The van der Waals surface area contributed by atoms with Crippen molar-refractivity contribution in [2.75, 3.05) is 5.32 Å². The molecular weight excluding hydrogens is 314 g/mol. The van der Waals surface area contributed by atoms with E-state index in [1.54, 1.807) is 24.3 Å². The number of nitrogens with zero attached hydrogens (tertiary/aromatic N) is 1. The summed E-state index contributed by atoms with van der Waals surface area (Å²) >= 11 is 0. The van der Waals surface area contributed by atoms with Crippen molar-refractivity contribution in [3.05, 3.63) is 65.7 Å². The lowest BCUT2D eigenvalue weighted by molar-refractivity contribution is -0.118. The van der Waals surface area contributed by atoms with Gasteiger partial charge in [-0.05, 0) is 36.2 Å². The van der Waals surface area contributed by atoms with Gasteiger partial charge in [-0.1, -0.05) is 51.1 Å². The van der Waals surface area contributed by atoms with Crippen LogP contribution in [0.25, 0.3) is 0 Å². The second-order valence-corrected chi connectivity index (χ2v) is 5.94. The molecular formula is C20H23N3O2. The Kier molecular flexibility index (Phi) is 6.46. The number of carbonyl (C=O) groups excluding carboxylic acids is 2. The van der Waals surface area contributed by atoms with Gasteiger partial charge in [0.25, 0.3) is 5.91 Å². The molecule has 0 spiro atoms. The van der Waals surface area contributed by atoms with Crippen molar-refractivity contribution in [1.29, 1.82) is 0 Å². The van der Waals surface area contributed by atoms with Crippen LogP contribution in [-0.2, 0) is 4.79 Å². The number of anilines is 1. The lowest BCUT2D eigenvalue weighted by Gasteiger charge is -2.08.